The van der Waals surface area contributed by atoms with Crippen molar-refractivity contribution >= 4 is 22.8 Å². The molecule has 2 fully saturated rings. The van der Waals surface area contributed by atoms with Gasteiger partial charge >= 0.3 is 0 Å². The lowest BCUT2D eigenvalue weighted by molar-refractivity contribution is 0.0837. The lowest BCUT2D eigenvalue weighted by Crippen LogP contribution is -2.51. The summed E-state index contributed by atoms with van der Waals surface area (Å²) in [7, 11) is 4.15. The van der Waals surface area contributed by atoms with Gasteiger partial charge in [0.25, 0.3) is 0 Å². The lowest BCUT2D eigenvalue weighted by Gasteiger charge is -2.38. The Morgan fingerprint density at radius 2 is 1.81 bits per heavy atom. The highest BCUT2D eigenvalue weighted by atomic mass is 19.1. The van der Waals surface area contributed by atoms with E-state index in [-0.39, 0.29) is 17.6 Å². The maximum Gasteiger partial charge on any atom is 0.229 e. The molecule has 0 aromatic carbocycles. The molecule has 1 N–H and O–H groups in total. The van der Waals surface area contributed by atoms with Gasteiger partial charge in [0.1, 0.15) is 11.5 Å². The van der Waals surface area contributed by atoms with Crippen molar-refractivity contribution in [2.24, 2.45) is 7.05 Å². The van der Waals surface area contributed by atoms with Crippen molar-refractivity contribution in [1.82, 2.24) is 39.5 Å². The molecule has 4 aromatic rings. The van der Waals surface area contributed by atoms with Crippen LogP contribution in [0.15, 0.2) is 36.8 Å². The molecule has 0 spiro atoms. The van der Waals surface area contributed by atoms with Crippen molar-refractivity contribution in [3.63, 3.8) is 0 Å². The van der Waals surface area contributed by atoms with Gasteiger partial charge in [0, 0.05) is 62.1 Å². The SMILES string of the molecule is CC(C)c1c2cc(-c3nc(Nc4ccc(CN5CC6CCC(C5)N6C)cn4)ncc3F)cnc2nn1C. The Morgan fingerprint density at radius 1 is 1.03 bits per heavy atom. The van der Waals surface area contributed by atoms with E-state index in [1.54, 1.807) is 6.20 Å². The monoisotopic (exact) mass is 501 g/mol. The van der Waals surface area contributed by atoms with Crippen LogP contribution in [0.25, 0.3) is 22.3 Å². The summed E-state index contributed by atoms with van der Waals surface area (Å²) >= 11 is 0. The molecule has 2 aliphatic heterocycles. The molecule has 37 heavy (non-hydrogen) atoms. The smallest absolute Gasteiger partial charge is 0.229 e. The summed E-state index contributed by atoms with van der Waals surface area (Å²) in [6, 6.07) is 7.24. The van der Waals surface area contributed by atoms with Crippen molar-refractivity contribution in [3.8, 4) is 11.3 Å². The minimum atomic E-state index is -0.508. The third kappa shape index (κ3) is 4.55. The highest BCUT2D eigenvalue weighted by Crippen LogP contribution is 2.30. The van der Waals surface area contributed by atoms with Crippen LogP contribution in [0.4, 0.5) is 16.2 Å². The van der Waals surface area contributed by atoms with E-state index in [0.29, 0.717) is 29.1 Å². The maximum absolute atomic E-state index is 14.8. The second kappa shape index (κ2) is 9.42. The number of piperazine rings is 1. The number of aryl methyl sites for hydroxylation is 1. The largest absolute Gasteiger partial charge is 0.309 e. The van der Waals surface area contributed by atoms with Gasteiger partial charge < -0.3 is 5.32 Å². The first kappa shape index (κ1) is 23.9. The molecule has 0 amide bonds. The first-order valence-corrected chi connectivity index (χ1v) is 12.9. The molecule has 0 aliphatic carbocycles. The Hall–Kier alpha value is -3.50. The number of hydrogen-bond donors (Lipinski definition) is 1. The van der Waals surface area contributed by atoms with Gasteiger partial charge in [0.15, 0.2) is 11.5 Å². The van der Waals surface area contributed by atoms with Crippen LogP contribution in [0, 0.1) is 5.82 Å². The molecule has 2 aliphatic rings. The number of hydrogen-bond acceptors (Lipinski definition) is 8. The van der Waals surface area contributed by atoms with E-state index in [4.69, 9.17) is 0 Å². The molecular formula is C27H32FN9. The Morgan fingerprint density at radius 3 is 2.51 bits per heavy atom. The Labute approximate surface area is 215 Å². The zero-order valence-corrected chi connectivity index (χ0v) is 21.7. The first-order valence-electron chi connectivity index (χ1n) is 12.9. The molecule has 9 nitrogen and oxygen atoms in total. The van der Waals surface area contributed by atoms with E-state index in [0.717, 1.165) is 30.7 Å². The van der Waals surface area contributed by atoms with Crippen LogP contribution < -0.4 is 5.32 Å². The molecule has 2 saturated heterocycles. The Balaban J connectivity index is 1.19. The summed E-state index contributed by atoms with van der Waals surface area (Å²) in [6.45, 7) is 7.32. The predicted molar refractivity (Wildman–Crippen MR) is 141 cm³/mol. The summed E-state index contributed by atoms with van der Waals surface area (Å²) in [4.78, 5) is 22.7. The zero-order chi connectivity index (χ0) is 25.7. The predicted octanol–water partition coefficient (Wildman–Crippen LogP) is 4.10. The van der Waals surface area contributed by atoms with Crippen LogP contribution in [0.5, 0.6) is 0 Å². The second-order valence-electron chi connectivity index (χ2n) is 10.6. The van der Waals surface area contributed by atoms with Gasteiger partial charge in [-0.25, -0.2) is 24.3 Å². The van der Waals surface area contributed by atoms with E-state index >= 15 is 0 Å². The zero-order valence-electron chi connectivity index (χ0n) is 21.7. The van der Waals surface area contributed by atoms with Crippen LogP contribution in [-0.4, -0.2) is 71.7 Å². The highest BCUT2D eigenvalue weighted by Gasteiger charge is 2.37. The van der Waals surface area contributed by atoms with Crippen molar-refractivity contribution in [2.45, 2.75) is 51.2 Å². The van der Waals surface area contributed by atoms with Crippen molar-refractivity contribution in [1.29, 1.82) is 0 Å². The number of fused-ring (bicyclic) bond motifs is 3. The number of rotatable bonds is 6. The Bertz CT molecular complexity index is 1420. The second-order valence-corrected chi connectivity index (χ2v) is 10.6. The summed E-state index contributed by atoms with van der Waals surface area (Å²) in [5, 5.41) is 8.49. The van der Waals surface area contributed by atoms with E-state index in [1.165, 1.54) is 24.6 Å². The molecule has 0 radical (unpaired) electrons. The van der Waals surface area contributed by atoms with Gasteiger partial charge in [-0.1, -0.05) is 19.9 Å². The van der Waals surface area contributed by atoms with Crippen molar-refractivity contribution in [3.05, 3.63) is 53.9 Å². The summed E-state index contributed by atoms with van der Waals surface area (Å²) in [6.07, 6.45) is 7.26. The number of likely N-dealkylation sites (N-methyl/N-ethyl adjacent to an activating group) is 1. The number of aromatic nitrogens is 6. The Kier molecular flexibility index (Phi) is 6.08. The number of likely N-dealkylation sites (tertiary alicyclic amines) is 1. The average Bonchev–Trinajstić information content (AvgIpc) is 3.29. The summed E-state index contributed by atoms with van der Waals surface area (Å²) in [5.74, 6) is 0.636. The number of pyridine rings is 2. The highest BCUT2D eigenvalue weighted by molar-refractivity contribution is 5.83. The number of nitrogens with one attached hydrogen (secondary N) is 1. The normalized spacial score (nSPS) is 20.3. The lowest BCUT2D eigenvalue weighted by atomic mass is 10.1. The number of nitrogens with zero attached hydrogens (tertiary/aromatic N) is 8. The summed E-state index contributed by atoms with van der Waals surface area (Å²) < 4.78 is 16.6. The molecule has 192 valence electrons. The van der Waals surface area contributed by atoms with E-state index in [2.05, 4.69) is 67.1 Å². The van der Waals surface area contributed by atoms with Gasteiger partial charge in [-0.15, -0.1) is 0 Å². The molecule has 2 unspecified atom stereocenters. The third-order valence-electron chi connectivity index (χ3n) is 7.69. The molecule has 6 rings (SSSR count). The average molecular weight is 502 g/mol. The van der Waals surface area contributed by atoms with E-state index < -0.39 is 5.82 Å². The van der Waals surface area contributed by atoms with Gasteiger partial charge in [-0.2, -0.15) is 5.10 Å². The fraction of sp³-hybridized carbons (Fsp3) is 0.444. The maximum atomic E-state index is 14.8. The van der Waals surface area contributed by atoms with Crippen molar-refractivity contribution < 1.29 is 4.39 Å². The van der Waals surface area contributed by atoms with Gasteiger partial charge in [-0.05, 0) is 43.5 Å². The molecule has 4 aromatic heterocycles. The van der Waals surface area contributed by atoms with Crippen LogP contribution in [0.2, 0.25) is 0 Å². The number of halogens is 1. The molecule has 10 heteroatoms. The molecule has 2 atom stereocenters. The minimum Gasteiger partial charge on any atom is -0.309 e. The molecule has 0 saturated carbocycles. The van der Waals surface area contributed by atoms with E-state index in [1.807, 2.05) is 30.1 Å². The molecule has 2 bridgehead atoms. The standard InChI is InChI=1S/C27H32FN9/c1-16(2)25-21-9-18(11-30-26(21)34-36(25)4)24-22(28)12-31-27(33-24)32-23-8-5-17(10-29-23)13-37-14-19-6-7-20(15-37)35(19)3/h5,8-12,16,19-20H,6-7,13-15H2,1-4H3,(H,29,31,32,33). The topological polar surface area (TPSA) is 87.9 Å². The van der Waals surface area contributed by atoms with Gasteiger partial charge in [0.05, 0.1) is 11.9 Å². The fourth-order valence-corrected chi connectivity index (χ4v) is 5.83. The van der Waals surface area contributed by atoms with E-state index in [9.17, 15) is 4.39 Å². The van der Waals surface area contributed by atoms with Crippen LogP contribution in [-0.2, 0) is 13.6 Å². The number of anilines is 2. The van der Waals surface area contributed by atoms with Crippen LogP contribution in [0.3, 0.4) is 0 Å². The van der Waals surface area contributed by atoms with Gasteiger partial charge in [-0.3, -0.25) is 14.5 Å². The van der Waals surface area contributed by atoms with Crippen LogP contribution in [0.1, 0.15) is 43.9 Å². The molecule has 6 heterocycles. The van der Waals surface area contributed by atoms with Crippen molar-refractivity contribution in [2.75, 3.05) is 25.5 Å². The third-order valence-corrected chi connectivity index (χ3v) is 7.69. The molecular weight excluding hydrogens is 469 g/mol. The van der Waals surface area contributed by atoms with Crippen LogP contribution >= 0.6 is 0 Å². The first-order chi connectivity index (χ1) is 17.9. The van der Waals surface area contributed by atoms with Gasteiger partial charge in [0.2, 0.25) is 5.95 Å². The minimum absolute atomic E-state index is 0.187. The fourth-order valence-electron chi connectivity index (χ4n) is 5.83. The quantitative estimate of drug-likeness (QED) is 0.423. The summed E-state index contributed by atoms with van der Waals surface area (Å²) in [5.41, 5.74) is 3.62.